The molecule has 1 heterocycles. The highest BCUT2D eigenvalue weighted by Crippen LogP contribution is 2.27. The van der Waals surface area contributed by atoms with E-state index in [4.69, 9.17) is 25.5 Å². The first-order valence-corrected chi connectivity index (χ1v) is 6.76. The third kappa shape index (κ3) is 3.92. The molecule has 0 unspecified atom stereocenters. The van der Waals surface area contributed by atoms with Gasteiger partial charge in [0.05, 0.1) is 20.8 Å². The molecule has 0 bridgehead atoms. The fourth-order valence-corrected chi connectivity index (χ4v) is 2.09. The highest BCUT2D eigenvalue weighted by Gasteiger charge is 2.04. The zero-order chi connectivity index (χ0) is 14.4. The number of hydrogen-bond donors (Lipinski definition) is 1. The summed E-state index contributed by atoms with van der Waals surface area (Å²) in [5.41, 5.74) is 1.19. The van der Waals surface area contributed by atoms with Gasteiger partial charge in [-0.05, 0) is 54.4 Å². The number of benzene rings is 1. The molecule has 0 aliphatic carbocycles. The van der Waals surface area contributed by atoms with E-state index in [0.717, 1.165) is 30.2 Å². The van der Waals surface area contributed by atoms with E-state index in [2.05, 4.69) is 5.32 Å². The Morgan fingerprint density at radius 1 is 1.10 bits per heavy atom. The largest absolute Gasteiger partial charge is 0.493 e. The van der Waals surface area contributed by atoms with Crippen LogP contribution >= 0.6 is 11.6 Å². The highest BCUT2D eigenvalue weighted by molar-refractivity contribution is 6.28. The lowest BCUT2D eigenvalue weighted by Gasteiger charge is -2.09. The maximum absolute atomic E-state index is 5.71. The Morgan fingerprint density at radius 2 is 1.90 bits per heavy atom. The molecule has 0 amide bonds. The molecule has 2 aromatic rings. The average Bonchev–Trinajstić information content (AvgIpc) is 2.89. The van der Waals surface area contributed by atoms with Crippen molar-refractivity contribution in [2.24, 2.45) is 0 Å². The fourth-order valence-electron chi connectivity index (χ4n) is 1.93. The Morgan fingerprint density at radius 3 is 2.55 bits per heavy atom. The third-order valence-electron chi connectivity index (χ3n) is 2.97. The first-order chi connectivity index (χ1) is 9.72. The second-order valence-corrected chi connectivity index (χ2v) is 4.69. The zero-order valence-corrected chi connectivity index (χ0v) is 12.4. The summed E-state index contributed by atoms with van der Waals surface area (Å²) in [7, 11) is 3.27. The van der Waals surface area contributed by atoms with Gasteiger partial charge in [0.2, 0.25) is 0 Å². The summed E-state index contributed by atoms with van der Waals surface area (Å²) in [5, 5.41) is 3.72. The maximum atomic E-state index is 5.71. The fraction of sp³-hybridized carbons (Fsp3) is 0.333. The summed E-state index contributed by atoms with van der Waals surface area (Å²) in [4.78, 5) is 0. The van der Waals surface area contributed by atoms with E-state index in [0.29, 0.717) is 11.8 Å². The first kappa shape index (κ1) is 14.8. The molecule has 0 atom stereocenters. The van der Waals surface area contributed by atoms with Gasteiger partial charge in [0.25, 0.3) is 0 Å². The quantitative estimate of drug-likeness (QED) is 0.796. The molecule has 5 heteroatoms. The normalized spacial score (nSPS) is 10.6. The summed E-state index contributed by atoms with van der Waals surface area (Å²) in [6.45, 7) is 1.51. The molecule has 0 saturated carbocycles. The summed E-state index contributed by atoms with van der Waals surface area (Å²) in [5.74, 6) is 2.33. The molecule has 1 aromatic carbocycles. The van der Waals surface area contributed by atoms with E-state index in [1.54, 1.807) is 20.3 Å². The second-order valence-electron chi connectivity index (χ2n) is 4.32. The SMILES string of the molecule is COc1ccc(CCNCc2ccc(Cl)o2)cc1OC. The number of methoxy groups -OCH3 is 2. The molecule has 4 nitrogen and oxygen atoms in total. The van der Waals surface area contributed by atoms with Gasteiger partial charge in [0, 0.05) is 0 Å². The van der Waals surface area contributed by atoms with Crippen molar-refractivity contribution in [3.8, 4) is 11.5 Å². The Balaban J connectivity index is 1.82. The van der Waals surface area contributed by atoms with Crippen molar-refractivity contribution in [2.45, 2.75) is 13.0 Å². The maximum Gasteiger partial charge on any atom is 0.193 e. The Hall–Kier alpha value is -1.65. The Kier molecular flexibility index (Phi) is 5.32. The molecule has 0 spiro atoms. The van der Waals surface area contributed by atoms with Crippen LogP contribution in [0.3, 0.4) is 0 Å². The first-order valence-electron chi connectivity index (χ1n) is 6.38. The number of nitrogens with one attached hydrogen (secondary N) is 1. The van der Waals surface area contributed by atoms with Gasteiger partial charge in [-0.1, -0.05) is 6.07 Å². The molecule has 0 aliphatic heterocycles. The van der Waals surface area contributed by atoms with Crippen LogP contribution in [0.25, 0.3) is 0 Å². The highest BCUT2D eigenvalue weighted by atomic mass is 35.5. The monoisotopic (exact) mass is 295 g/mol. The second kappa shape index (κ2) is 7.22. The molecule has 108 valence electrons. The summed E-state index contributed by atoms with van der Waals surface area (Å²) < 4.78 is 15.8. The lowest BCUT2D eigenvalue weighted by molar-refractivity contribution is 0.354. The van der Waals surface area contributed by atoms with Crippen molar-refractivity contribution in [3.05, 3.63) is 46.9 Å². The molecular formula is C15H18ClNO3. The van der Waals surface area contributed by atoms with Crippen molar-refractivity contribution in [1.82, 2.24) is 5.32 Å². The van der Waals surface area contributed by atoms with Crippen LogP contribution in [0, 0.1) is 0 Å². The van der Waals surface area contributed by atoms with E-state index < -0.39 is 0 Å². The Bertz CT molecular complexity index is 554. The van der Waals surface area contributed by atoms with E-state index in [1.165, 1.54) is 5.56 Å². The number of halogens is 1. The summed E-state index contributed by atoms with van der Waals surface area (Å²) in [6, 6.07) is 9.55. The van der Waals surface area contributed by atoms with Gasteiger partial charge in [0.1, 0.15) is 5.76 Å². The molecule has 0 fully saturated rings. The molecule has 0 aliphatic rings. The van der Waals surface area contributed by atoms with Crippen molar-refractivity contribution >= 4 is 11.6 Å². The average molecular weight is 296 g/mol. The molecule has 1 N–H and O–H groups in total. The van der Waals surface area contributed by atoms with Crippen LogP contribution in [0.15, 0.2) is 34.7 Å². The van der Waals surface area contributed by atoms with Crippen LogP contribution in [0.5, 0.6) is 11.5 Å². The molecular weight excluding hydrogens is 278 g/mol. The topological polar surface area (TPSA) is 43.6 Å². The van der Waals surface area contributed by atoms with Gasteiger partial charge < -0.3 is 19.2 Å². The number of rotatable bonds is 7. The molecule has 2 rings (SSSR count). The van der Waals surface area contributed by atoms with E-state index in [1.807, 2.05) is 24.3 Å². The van der Waals surface area contributed by atoms with Crippen molar-refractivity contribution in [1.29, 1.82) is 0 Å². The van der Waals surface area contributed by atoms with E-state index >= 15 is 0 Å². The number of hydrogen-bond acceptors (Lipinski definition) is 4. The van der Waals surface area contributed by atoms with Gasteiger partial charge in [-0.2, -0.15) is 0 Å². The van der Waals surface area contributed by atoms with E-state index in [9.17, 15) is 0 Å². The molecule has 1 aromatic heterocycles. The van der Waals surface area contributed by atoms with Crippen molar-refractivity contribution in [2.75, 3.05) is 20.8 Å². The van der Waals surface area contributed by atoms with Gasteiger partial charge in [-0.25, -0.2) is 0 Å². The number of furan rings is 1. The Labute approximate surface area is 123 Å². The minimum absolute atomic E-state index is 0.418. The van der Waals surface area contributed by atoms with Gasteiger partial charge in [-0.15, -0.1) is 0 Å². The standard InChI is InChI=1S/C15H18ClNO3/c1-18-13-5-3-11(9-14(13)19-2)7-8-17-10-12-4-6-15(16)20-12/h3-6,9,17H,7-8,10H2,1-2H3. The van der Waals surface area contributed by atoms with Gasteiger partial charge in [0.15, 0.2) is 16.7 Å². The van der Waals surface area contributed by atoms with Crippen LogP contribution in [0.1, 0.15) is 11.3 Å². The van der Waals surface area contributed by atoms with Crippen LogP contribution in [0.2, 0.25) is 5.22 Å². The van der Waals surface area contributed by atoms with Crippen LogP contribution in [-0.2, 0) is 13.0 Å². The minimum Gasteiger partial charge on any atom is -0.493 e. The van der Waals surface area contributed by atoms with Crippen molar-refractivity contribution in [3.63, 3.8) is 0 Å². The molecule has 20 heavy (non-hydrogen) atoms. The third-order valence-corrected chi connectivity index (χ3v) is 3.17. The summed E-state index contributed by atoms with van der Waals surface area (Å²) >= 11 is 5.71. The van der Waals surface area contributed by atoms with E-state index in [-0.39, 0.29) is 0 Å². The molecule has 0 saturated heterocycles. The smallest absolute Gasteiger partial charge is 0.193 e. The number of ether oxygens (including phenoxy) is 2. The van der Waals surface area contributed by atoms with Crippen LogP contribution in [0.4, 0.5) is 0 Å². The predicted octanol–water partition coefficient (Wildman–Crippen LogP) is 3.28. The lowest BCUT2D eigenvalue weighted by atomic mass is 10.1. The predicted molar refractivity (Wildman–Crippen MR) is 78.7 cm³/mol. The van der Waals surface area contributed by atoms with Gasteiger partial charge >= 0.3 is 0 Å². The van der Waals surface area contributed by atoms with Crippen LogP contribution in [-0.4, -0.2) is 20.8 Å². The molecule has 0 radical (unpaired) electrons. The zero-order valence-electron chi connectivity index (χ0n) is 11.6. The minimum atomic E-state index is 0.418. The van der Waals surface area contributed by atoms with Gasteiger partial charge in [-0.3, -0.25) is 0 Å². The lowest BCUT2D eigenvalue weighted by Crippen LogP contribution is -2.16. The van der Waals surface area contributed by atoms with Crippen LogP contribution < -0.4 is 14.8 Å². The summed E-state index contributed by atoms with van der Waals surface area (Å²) in [6.07, 6.45) is 0.898. The van der Waals surface area contributed by atoms with Crippen molar-refractivity contribution < 1.29 is 13.9 Å².